The maximum atomic E-state index is 12.2. The molecule has 0 radical (unpaired) electrons. The fraction of sp³-hybridized carbons (Fsp3) is 0.375. The van der Waals surface area contributed by atoms with E-state index in [2.05, 4.69) is 46.6 Å². The monoisotopic (exact) mass is 392 g/mol. The largest absolute Gasteiger partial charge is 0.454 e. The average Bonchev–Trinajstić information content (AvgIpc) is 3.21. The first-order chi connectivity index (χ1) is 14.3. The Morgan fingerprint density at radius 3 is 2.72 bits per heavy atom. The number of amides is 1. The van der Waals surface area contributed by atoms with Crippen LogP contribution in [0.1, 0.15) is 30.4 Å². The van der Waals surface area contributed by atoms with Gasteiger partial charge in [-0.25, -0.2) is 0 Å². The minimum Gasteiger partial charge on any atom is -0.454 e. The second-order valence-corrected chi connectivity index (χ2v) is 7.65. The lowest BCUT2D eigenvalue weighted by Crippen LogP contribution is -2.29. The zero-order chi connectivity index (χ0) is 19.9. The molecule has 29 heavy (non-hydrogen) atoms. The molecule has 5 heteroatoms. The molecule has 5 nitrogen and oxygen atoms in total. The van der Waals surface area contributed by atoms with Crippen molar-refractivity contribution in [3.05, 3.63) is 71.3 Å². The van der Waals surface area contributed by atoms with Gasteiger partial charge in [0.05, 0.1) is 6.42 Å². The third kappa shape index (κ3) is 5.61. The summed E-state index contributed by atoms with van der Waals surface area (Å²) in [6, 6.07) is 16.3. The van der Waals surface area contributed by atoms with E-state index in [4.69, 9.17) is 9.47 Å². The van der Waals surface area contributed by atoms with Crippen molar-refractivity contribution >= 4 is 5.91 Å². The number of carbonyl (C=O) groups is 1. The molecular weight excluding hydrogens is 364 g/mol. The van der Waals surface area contributed by atoms with Crippen LogP contribution in [0.5, 0.6) is 11.5 Å². The summed E-state index contributed by atoms with van der Waals surface area (Å²) in [6.45, 7) is 4.11. The van der Waals surface area contributed by atoms with E-state index in [1.54, 1.807) is 0 Å². The van der Waals surface area contributed by atoms with Gasteiger partial charge < -0.3 is 14.8 Å². The molecule has 0 atom stereocenters. The molecule has 1 N–H and O–H groups in total. The van der Waals surface area contributed by atoms with Crippen LogP contribution in [0.25, 0.3) is 0 Å². The smallest absolute Gasteiger partial charge is 0.231 e. The van der Waals surface area contributed by atoms with Crippen molar-refractivity contribution in [1.82, 2.24) is 10.2 Å². The molecule has 0 unspecified atom stereocenters. The quantitative estimate of drug-likeness (QED) is 0.550. The standard InChI is InChI=1S/C24H28N2O3/c27-24(16-21-8-9-22-23(15-21)29-18-28-22)25-12-4-7-19-10-13-26(14-11-19)17-20-5-2-1-3-6-20/h1-3,5-6,8-10,15H,4,7,11-14,16-18H2,(H,25,27). The van der Waals surface area contributed by atoms with Crippen molar-refractivity contribution in [1.29, 1.82) is 0 Å². The third-order valence-corrected chi connectivity index (χ3v) is 5.43. The first kappa shape index (κ1) is 19.5. The van der Waals surface area contributed by atoms with E-state index in [0.717, 1.165) is 56.0 Å². The highest BCUT2D eigenvalue weighted by molar-refractivity contribution is 5.78. The summed E-state index contributed by atoms with van der Waals surface area (Å²) in [6.07, 6.45) is 5.90. The highest BCUT2D eigenvalue weighted by Gasteiger charge is 2.15. The van der Waals surface area contributed by atoms with Crippen LogP contribution >= 0.6 is 0 Å². The van der Waals surface area contributed by atoms with E-state index >= 15 is 0 Å². The number of ether oxygens (including phenoxy) is 2. The zero-order valence-electron chi connectivity index (χ0n) is 16.7. The SMILES string of the molecule is O=C(Cc1ccc2c(c1)OCO2)NCCCC1=CCN(Cc2ccccc2)CC1. The summed E-state index contributed by atoms with van der Waals surface area (Å²) in [4.78, 5) is 14.7. The Bertz CT molecular complexity index is 864. The number of hydrogen-bond acceptors (Lipinski definition) is 4. The first-order valence-corrected chi connectivity index (χ1v) is 10.4. The molecule has 2 aliphatic rings. The minimum absolute atomic E-state index is 0.0514. The second kappa shape index (κ2) is 9.61. The van der Waals surface area contributed by atoms with Crippen LogP contribution in [0.15, 0.2) is 60.2 Å². The lowest BCUT2D eigenvalue weighted by atomic mass is 10.0. The van der Waals surface area contributed by atoms with Crippen LogP contribution in [-0.4, -0.2) is 37.2 Å². The van der Waals surface area contributed by atoms with Crippen molar-refractivity contribution in [2.75, 3.05) is 26.4 Å². The molecule has 0 saturated carbocycles. The van der Waals surface area contributed by atoms with Gasteiger partial charge in [0.1, 0.15) is 0 Å². The molecule has 2 heterocycles. The highest BCUT2D eigenvalue weighted by Crippen LogP contribution is 2.32. The summed E-state index contributed by atoms with van der Waals surface area (Å²) in [5.41, 5.74) is 3.83. The van der Waals surface area contributed by atoms with Gasteiger partial charge in [-0.1, -0.05) is 48.0 Å². The fourth-order valence-corrected chi connectivity index (χ4v) is 3.81. The average molecular weight is 392 g/mol. The van der Waals surface area contributed by atoms with Crippen molar-refractivity contribution < 1.29 is 14.3 Å². The van der Waals surface area contributed by atoms with Crippen LogP contribution in [0.4, 0.5) is 0 Å². The van der Waals surface area contributed by atoms with Gasteiger partial charge in [0.15, 0.2) is 11.5 Å². The number of nitrogens with one attached hydrogen (secondary N) is 1. The van der Waals surface area contributed by atoms with Gasteiger partial charge in [-0.3, -0.25) is 9.69 Å². The summed E-state index contributed by atoms with van der Waals surface area (Å²) >= 11 is 0. The summed E-state index contributed by atoms with van der Waals surface area (Å²) in [7, 11) is 0. The topological polar surface area (TPSA) is 50.8 Å². The van der Waals surface area contributed by atoms with Crippen LogP contribution < -0.4 is 14.8 Å². The van der Waals surface area contributed by atoms with Crippen LogP contribution in [-0.2, 0) is 17.8 Å². The number of benzene rings is 2. The number of nitrogens with zero attached hydrogens (tertiary/aromatic N) is 1. The summed E-state index contributed by atoms with van der Waals surface area (Å²) in [5, 5.41) is 3.03. The Balaban J connectivity index is 1.13. The highest BCUT2D eigenvalue weighted by atomic mass is 16.7. The molecule has 152 valence electrons. The number of hydrogen-bond donors (Lipinski definition) is 1. The van der Waals surface area contributed by atoms with Gasteiger partial charge in [0, 0.05) is 26.2 Å². The van der Waals surface area contributed by atoms with E-state index in [0.29, 0.717) is 13.0 Å². The molecule has 0 fully saturated rings. The molecule has 0 saturated heterocycles. The molecule has 1 amide bonds. The minimum atomic E-state index is 0.0514. The molecule has 0 bridgehead atoms. The van der Waals surface area contributed by atoms with Gasteiger partial charge in [0.2, 0.25) is 12.7 Å². The third-order valence-electron chi connectivity index (χ3n) is 5.43. The van der Waals surface area contributed by atoms with Crippen LogP contribution in [0, 0.1) is 0 Å². The molecule has 2 aromatic rings. The molecule has 2 aromatic carbocycles. The maximum Gasteiger partial charge on any atom is 0.231 e. The van der Waals surface area contributed by atoms with Gasteiger partial charge in [-0.15, -0.1) is 0 Å². The van der Waals surface area contributed by atoms with E-state index < -0.39 is 0 Å². The first-order valence-electron chi connectivity index (χ1n) is 10.4. The van der Waals surface area contributed by atoms with Gasteiger partial charge >= 0.3 is 0 Å². The fourth-order valence-electron chi connectivity index (χ4n) is 3.81. The van der Waals surface area contributed by atoms with Crippen molar-refractivity contribution in [2.24, 2.45) is 0 Å². The van der Waals surface area contributed by atoms with Crippen LogP contribution in [0.3, 0.4) is 0 Å². The maximum absolute atomic E-state index is 12.2. The summed E-state index contributed by atoms with van der Waals surface area (Å²) in [5.74, 6) is 1.52. The van der Waals surface area contributed by atoms with Gasteiger partial charge in [-0.05, 0) is 42.5 Å². The molecular formula is C24H28N2O3. The molecule has 0 spiro atoms. The van der Waals surface area contributed by atoms with Crippen molar-refractivity contribution in [3.63, 3.8) is 0 Å². The Hall–Kier alpha value is -2.79. The summed E-state index contributed by atoms with van der Waals surface area (Å²) < 4.78 is 10.7. The Morgan fingerprint density at radius 2 is 1.90 bits per heavy atom. The number of rotatable bonds is 8. The lowest BCUT2D eigenvalue weighted by Gasteiger charge is -2.26. The Kier molecular flexibility index (Phi) is 6.47. The van der Waals surface area contributed by atoms with Gasteiger partial charge in [0.25, 0.3) is 0 Å². The predicted octanol–water partition coefficient (Wildman–Crippen LogP) is 3.69. The van der Waals surface area contributed by atoms with Crippen LogP contribution in [0.2, 0.25) is 0 Å². The lowest BCUT2D eigenvalue weighted by molar-refractivity contribution is -0.120. The molecule has 0 aromatic heterocycles. The molecule has 2 aliphatic heterocycles. The van der Waals surface area contributed by atoms with E-state index in [1.165, 1.54) is 11.1 Å². The number of carbonyl (C=O) groups excluding carboxylic acids is 1. The molecule has 0 aliphatic carbocycles. The van der Waals surface area contributed by atoms with E-state index in [9.17, 15) is 4.79 Å². The normalized spacial score (nSPS) is 15.8. The predicted molar refractivity (Wildman–Crippen MR) is 113 cm³/mol. The number of fused-ring (bicyclic) bond motifs is 1. The zero-order valence-corrected chi connectivity index (χ0v) is 16.7. The van der Waals surface area contributed by atoms with Gasteiger partial charge in [-0.2, -0.15) is 0 Å². The Morgan fingerprint density at radius 1 is 1.03 bits per heavy atom. The van der Waals surface area contributed by atoms with E-state index in [-0.39, 0.29) is 12.7 Å². The molecule has 4 rings (SSSR count). The van der Waals surface area contributed by atoms with E-state index in [1.807, 2.05) is 18.2 Å². The van der Waals surface area contributed by atoms with Crippen molar-refractivity contribution in [2.45, 2.75) is 32.2 Å². The van der Waals surface area contributed by atoms with Crippen molar-refractivity contribution in [3.8, 4) is 11.5 Å². The second-order valence-electron chi connectivity index (χ2n) is 7.65. The Labute approximate surface area is 172 Å².